The number of hydrogen-bond acceptors (Lipinski definition) is 4. The van der Waals surface area contributed by atoms with Gasteiger partial charge in [-0.3, -0.25) is 14.6 Å². The average Bonchev–Trinajstić information content (AvgIpc) is 3.14. The van der Waals surface area contributed by atoms with E-state index in [0.29, 0.717) is 18.7 Å². The van der Waals surface area contributed by atoms with Gasteiger partial charge in [0.05, 0.1) is 11.7 Å². The molecule has 3 rings (SSSR count). The van der Waals surface area contributed by atoms with Crippen molar-refractivity contribution in [1.29, 1.82) is 0 Å². The summed E-state index contributed by atoms with van der Waals surface area (Å²) < 4.78 is 5.70. The van der Waals surface area contributed by atoms with Gasteiger partial charge in [-0.05, 0) is 37.8 Å². The molecule has 1 N–H and O–H groups in total. The molecule has 1 saturated heterocycles. The van der Waals surface area contributed by atoms with Crippen LogP contribution >= 0.6 is 0 Å². The highest BCUT2D eigenvalue weighted by Crippen LogP contribution is 2.21. The highest BCUT2D eigenvalue weighted by atomic mass is 16.5. The van der Waals surface area contributed by atoms with E-state index >= 15 is 0 Å². The van der Waals surface area contributed by atoms with Crippen LogP contribution in [0.2, 0.25) is 0 Å². The first-order chi connectivity index (χ1) is 11.7. The molecule has 0 aromatic carbocycles. The van der Waals surface area contributed by atoms with Gasteiger partial charge in [-0.25, -0.2) is 0 Å². The average molecular weight is 331 g/mol. The quantitative estimate of drug-likeness (QED) is 0.892. The third-order valence-electron chi connectivity index (χ3n) is 4.85. The second kappa shape index (κ2) is 8.24. The lowest BCUT2D eigenvalue weighted by atomic mass is 10.0. The molecule has 2 aliphatic rings. The molecular weight excluding hydrogens is 306 g/mol. The van der Waals surface area contributed by atoms with Crippen molar-refractivity contribution in [2.75, 3.05) is 19.7 Å². The second-order valence-electron chi connectivity index (χ2n) is 6.59. The van der Waals surface area contributed by atoms with Crippen molar-refractivity contribution >= 4 is 11.8 Å². The molecule has 1 saturated carbocycles. The van der Waals surface area contributed by atoms with Crippen LogP contribution < -0.4 is 5.32 Å². The third-order valence-corrected chi connectivity index (χ3v) is 4.85. The van der Waals surface area contributed by atoms with Gasteiger partial charge in [0, 0.05) is 31.5 Å². The molecule has 2 heterocycles. The SMILES string of the molecule is O=C(NC1CCN(C(=O)COC2CCCC2)CC1)c1cccnc1. The largest absolute Gasteiger partial charge is 0.368 e. The Labute approximate surface area is 142 Å². The molecule has 0 radical (unpaired) electrons. The minimum atomic E-state index is -0.0996. The Bertz CT molecular complexity index is 550. The van der Waals surface area contributed by atoms with Crippen molar-refractivity contribution in [1.82, 2.24) is 15.2 Å². The van der Waals surface area contributed by atoms with Crippen molar-refractivity contribution in [3.05, 3.63) is 30.1 Å². The van der Waals surface area contributed by atoms with E-state index in [0.717, 1.165) is 25.7 Å². The Morgan fingerprint density at radius 3 is 2.62 bits per heavy atom. The highest BCUT2D eigenvalue weighted by molar-refractivity contribution is 5.94. The number of rotatable bonds is 5. The van der Waals surface area contributed by atoms with Gasteiger partial charge < -0.3 is 15.0 Å². The van der Waals surface area contributed by atoms with Gasteiger partial charge in [0.25, 0.3) is 5.91 Å². The van der Waals surface area contributed by atoms with E-state index in [-0.39, 0.29) is 30.6 Å². The lowest BCUT2D eigenvalue weighted by Crippen LogP contribution is -2.47. The topological polar surface area (TPSA) is 71.5 Å². The summed E-state index contributed by atoms with van der Waals surface area (Å²) in [5.41, 5.74) is 0.570. The third kappa shape index (κ3) is 4.54. The molecule has 2 amide bonds. The number of nitrogens with zero attached hydrogens (tertiary/aromatic N) is 2. The van der Waals surface area contributed by atoms with Crippen molar-refractivity contribution < 1.29 is 14.3 Å². The Hall–Kier alpha value is -1.95. The van der Waals surface area contributed by atoms with Gasteiger partial charge in [-0.2, -0.15) is 0 Å². The number of aromatic nitrogens is 1. The summed E-state index contributed by atoms with van der Waals surface area (Å²) in [6.07, 6.45) is 9.61. The van der Waals surface area contributed by atoms with Crippen LogP contribution in [0.25, 0.3) is 0 Å². The van der Waals surface area contributed by atoms with Crippen molar-refractivity contribution in [2.45, 2.75) is 50.7 Å². The van der Waals surface area contributed by atoms with E-state index in [1.165, 1.54) is 12.8 Å². The van der Waals surface area contributed by atoms with Crippen LogP contribution in [-0.4, -0.2) is 53.5 Å². The Kier molecular flexibility index (Phi) is 5.80. The van der Waals surface area contributed by atoms with Crippen LogP contribution in [0.3, 0.4) is 0 Å². The minimum absolute atomic E-state index is 0.0685. The number of pyridine rings is 1. The van der Waals surface area contributed by atoms with Crippen LogP contribution in [0.1, 0.15) is 48.9 Å². The van der Waals surface area contributed by atoms with Crippen molar-refractivity contribution in [3.63, 3.8) is 0 Å². The van der Waals surface area contributed by atoms with E-state index in [2.05, 4.69) is 10.3 Å². The van der Waals surface area contributed by atoms with E-state index in [4.69, 9.17) is 4.74 Å². The molecule has 0 atom stereocenters. The number of hydrogen-bond donors (Lipinski definition) is 1. The number of amides is 2. The molecule has 0 unspecified atom stereocenters. The van der Waals surface area contributed by atoms with Crippen LogP contribution in [-0.2, 0) is 9.53 Å². The molecular formula is C18H25N3O3. The van der Waals surface area contributed by atoms with Gasteiger partial charge in [-0.15, -0.1) is 0 Å². The van der Waals surface area contributed by atoms with Crippen LogP contribution in [0.15, 0.2) is 24.5 Å². The monoisotopic (exact) mass is 331 g/mol. The fourth-order valence-electron chi connectivity index (χ4n) is 3.37. The zero-order chi connectivity index (χ0) is 16.8. The van der Waals surface area contributed by atoms with E-state index in [9.17, 15) is 9.59 Å². The summed E-state index contributed by atoms with van der Waals surface area (Å²) in [5, 5.41) is 3.02. The normalized spacial score (nSPS) is 19.4. The number of carbonyl (C=O) groups excluding carboxylic acids is 2. The minimum Gasteiger partial charge on any atom is -0.368 e. The zero-order valence-electron chi connectivity index (χ0n) is 13.9. The summed E-state index contributed by atoms with van der Waals surface area (Å²) in [7, 11) is 0. The molecule has 1 aromatic rings. The first-order valence-electron chi connectivity index (χ1n) is 8.82. The predicted octanol–water partition coefficient (Wildman–Crippen LogP) is 1.76. The maximum absolute atomic E-state index is 12.2. The number of carbonyl (C=O) groups is 2. The van der Waals surface area contributed by atoms with Gasteiger partial charge in [0.1, 0.15) is 6.61 Å². The fraction of sp³-hybridized carbons (Fsp3) is 0.611. The molecule has 2 fully saturated rings. The standard InChI is InChI=1S/C18H25N3O3/c22-17(13-24-16-5-1-2-6-16)21-10-7-15(8-11-21)20-18(23)14-4-3-9-19-12-14/h3-4,9,12,15-16H,1-2,5-8,10-11,13H2,(H,20,23). The van der Waals surface area contributed by atoms with E-state index < -0.39 is 0 Å². The van der Waals surface area contributed by atoms with Gasteiger partial charge in [-0.1, -0.05) is 12.8 Å². The molecule has 0 bridgehead atoms. The van der Waals surface area contributed by atoms with Crippen molar-refractivity contribution in [3.8, 4) is 0 Å². The molecule has 0 spiro atoms. The molecule has 130 valence electrons. The van der Waals surface area contributed by atoms with E-state index in [1.807, 2.05) is 4.90 Å². The molecule has 1 aromatic heterocycles. The van der Waals surface area contributed by atoms with Crippen molar-refractivity contribution in [2.24, 2.45) is 0 Å². The number of piperidine rings is 1. The number of nitrogens with one attached hydrogen (secondary N) is 1. The number of likely N-dealkylation sites (tertiary alicyclic amines) is 1. The van der Waals surface area contributed by atoms with Crippen LogP contribution in [0.5, 0.6) is 0 Å². The second-order valence-corrected chi connectivity index (χ2v) is 6.59. The van der Waals surface area contributed by atoms with Gasteiger partial charge in [0.2, 0.25) is 5.91 Å². The maximum Gasteiger partial charge on any atom is 0.253 e. The van der Waals surface area contributed by atoms with E-state index in [1.54, 1.807) is 24.5 Å². The van der Waals surface area contributed by atoms with Crippen LogP contribution in [0, 0.1) is 0 Å². The summed E-state index contributed by atoms with van der Waals surface area (Å²) >= 11 is 0. The zero-order valence-corrected chi connectivity index (χ0v) is 13.9. The van der Waals surface area contributed by atoms with Crippen LogP contribution in [0.4, 0.5) is 0 Å². The number of ether oxygens (including phenoxy) is 1. The summed E-state index contributed by atoms with van der Waals surface area (Å²) in [4.78, 5) is 30.1. The fourth-order valence-corrected chi connectivity index (χ4v) is 3.37. The molecule has 6 heteroatoms. The van der Waals surface area contributed by atoms with Gasteiger partial charge in [0.15, 0.2) is 0 Å². The smallest absolute Gasteiger partial charge is 0.253 e. The predicted molar refractivity (Wildman–Crippen MR) is 89.5 cm³/mol. The lowest BCUT2D eigenvalue weighted by molar-refractivity contribution is -0.139. The Balaban J connectivity index is 1.39. The Morgan fingerprint density at radius 2 is 1.96 bits per heavy atom. The first kappa shape index (κ1) is 16.9. The first-order valence-corrected chi connectivity index (χ1v) is 8.82. The summed E-state index contributed by atoms with van der Waals surface area (Å²) in [5.74, 6) is -0.0311. The summed E-state index contributed by atoms with van der Waals surface area (Å²) in [6.45, 7) is 1.53. The Morgan fingerprint density at radius 1 is 1.21 bits per heavy atom. The maximum atomic E-state index is 12.2. The molecule has 6 nitrogen and oxygen atoms in total. The molecule has 1 aliphatic heterocycles. The van der Waals surface area contributed by atoms with Gasteiger partial charge >= 0.3 is 0 Å². The molecule has 24 heavy (non-hydrogen) atoms. The highest BCUT2D eigenvalue weighted by Gasteiger charge is 2.25. The lowest BCUT2D eigenvalue weighted by Gasteiger charge is -2.32. The molecule has 1 aliphatic carbocycles. The summed E-state index contributed by atoms with van der Waals surface area (Å²) in [6, 6.07) is 3.61.